The molecule has 4 nitrogen and oxygen atoms in total. The molecule has 0 aliphatic heterocycles. The first kappa shape index (κ1) is 12.9. The Hall–Kier alpha value is -1.13. The van der Waals surface area contributed by atoms with Gasteiger partial charge in [-0.3, -0.25) is 16.0 Å². The number of hydrogen-bond donors (Lipinski definition) is 2. The number of allylic oxidation sites excluding steroid dienone is 1. The van der Waals surface area contributed by atoms with Crippen LogP contribution in [0.15, 0.2) is 24.9 Å². The molecule has 0 radical (unpaired) electrons. The van der Waals surface area contributed by atoms with E-state index in [0.717, 1.165) is 18.5 Å². The van der Waals surface area contributed by atoms with E-state index in [-0.39, 0.29) is 6.04 Å². The van der Waals surface area contributed by atoms with Crippen molar-refractivity contribution in [2.24, 2.45) is 12.9 Å². The molecule has 1 aromatic rings. The molecule has 0 fully saturated rings. The highest BCUT2D eigenvalue weighted by Gasteiger charge is 2.12. The largest absolute Gasteiger partial charge is 0.271 e. The summed E-state index contributed by atoms with van der Waals surface area (Å²) >= 11 is 0. The summed E-state index contributed by atoms with van der Waals surface area (Å²) in [6, 6.07) is 2.21. The van der Waals surface area contributed by atoms with Crippen molar-refractivity contribution in [2.45, 2.75) is 38.1 Å². The van der Waals surface area contributed by atoms with Gasteiger partial charge in [-0.15, -0.1) is 6.58 Å². The highest BCUT2D eigenvalue weighted by atomic mass is 15.3. The van der Waals surface area contributed by atoms with Crippen LogP contribution in [0.3, 0.4) is 0 Å². The minimum Gasteiger partial charge on any atom is -0.271 e. The normalized spacial score (nSPS) is 12.6. The van der Waals surface area contributed by atoms with Gasteiger partial charge >= 0.3 is 0 Å². The van der Waals surface area contributed by atoms with Crippen molar-refractivity contribution in [1.29, 1.82) is 0 Å². The van der Waals surface area contributed by atoms with Crippen LogP contribution in [0, 0.1) is 0 Å². The highest BCUT2D eigenvalue weighted by molar-refractivity contribution is 5.05. The Kier molecular flexibility index (Phi) is 5.82. The number of nitrogens with one attached hydrogen (secondary N) is 1. The third kappa shape index (κ3) is 3.79. The van der Waals surface area contributed by atoms with E-state index >= 15 is 0 Å². The quantitative estimate of drug-likeness (QED) is 0.306. The number of hydrazine groups is 1. The fraction of sp³-hybridized carbons (Fsp3) is 0.583. The van der Waals surface area contributed by atoms with E-state index in [0.29, 0.717) is 0 Å². The molecule has 1 heterocycles. The maximum Gasteiger partial charge on any atom is 0.0628 e. The highest BCUT2D eigenvalue weighted by Crippen LogP contribution is 2.18. The van der Waals surface area contributed by atoms with Gasteiger partial charge in [-0.1, -0.05) is 18.9 Å². The van der Waals surface area contributed by atoms with Gasteiger partial charge in [-0.2, -0.15) is 5.10 Å². The maximum atomic E-state index is 5.57. The molecule has 0 saturated heterocycles. The molecule has 1 atom stereocenters. The molecule has 1 rings (SSSR count). The number of hydrogen-bond acceptors (Lipinski definition) is 3. The maximum absolute atomic E-state index is 5.57. The van der Waals surface area contributed by atoms with Crippen LogP contribution in [0.5, 0.6) is 0 Å². The molecular weight excluding hydrogens is 200 g/mol. The third-order valence-corrected chi connectivity index (χ3v) is 2.82. The Balaban J connectivity index is 2.33. The molecule has 1 aromatic heterocycles. The number of nitrogens with zero attached hydrogens (tertiary/aromatic N) is 2. The molecule has 0 bridgehead atoms. The second-order valence-electron chi connectivity index (χ2n) is 4.03. The Morgan fingerprint density at radius 2 is 2.38 bits per heavy atom. The predicted octanol–water partition coefficient (Wildman–Crippen LogP) is 2.06. The molecule has 16 heavy (non-hydrogen) atoms. The van der Waals surface area contributed by atoms with Crippen molar-refractivity contribution in [2.75, 3.05) is 0 Å². The topological polar surface area (TPSA) is 55.9 Å². The van der Waals surface area contributed by atoms with Gasteiger partial charge in [0.2, 0.25) is 0 Å². The number of aryl methyl sites for hydroxylation is 1. The molecule has 0 spiro atoms. The van der Waals surface area contributed by atoms with Crippen LogP contribution in [0.4, 0.5) is 0 Å². The van der Waals surface area contributed by atoms with Gasteiger partial charge in [0.25, 0.3) is 0 Å². The van der Waals surface area contributed by atoms with Crippen LogP contribution in [0.25, 0.3) is 0 Å². The Morgan fingerprint density at radius 1 is 1.56 bits per heavy atom. The van der Waals surface area contributed by atoms with Crippen LogP contribution in [0.2, 0.25) is 0 Å². The van der Waals surface area contributed by atoms with Gasteiger partial charge in [0.05, 0.1) is 11.7 Å². The smallest absolute Gasteiger partial charge is 0.0628 e. The Bertz CT molecular complexity index is 306. The molecule has 3 N–H and O–H groups in total. The zero-order valence-corrected chi connectivity index (χ0v) is 10.0. The second-order valence-corrected chi connectivity index (χ2v) is 4.03. The molecule has 0 saturated carbocycles. The van der Waals surface area contributed by atoms with Crippen molar-refractivity contribution in [3.05, 3.63) is 30.6 Å². The van der Waals surface area contributed by atoms with Gasteiger partial charge < -0.3 is 0 Å². The second kappa shape index (κ2) is 7.19. The average Bonchev–Trinajstić information content (AvgIpc) is 2.70. The summed E-state index contributed by atoms with van der Waals surface area (Å²) in [7, 11) is 1.94. The molecule has 0 aromatic carbocycles. The molecule has 0 aliphatic rings. The van der Waals surface area contributed by atoms with Gasteiger partial charge in [0, 0.05) is 13.2 Å². The first-order chi connectivity index (χ1) is 7.79. The van der Waals surface area contributed by atoms with Gasteiger partial charge in [0.15, 0.2) is 0 Å². The van der Waals surface area contributed by atoms with Crippen molar-refractivity contribution in [3.63, 3.8) is 0 Å². The SMILES string of the molecule is C=CCCCCCC(NN)c1ccnn1C. The van der Waals surface area contributed by atoms with Crippen molar-refractivity contribution in [3.8, 4) is 0 Å². The van der Waals surface area contributed by atoms with Crippen molar-refractivity contribution < 1.29 is 0 Å². The number of rotatable bonds is 8. The standard InChI is InChI=1S/C12H22N4/c1-3-4-5-6-7-8-11(15-13)12-9-10-14-16(12)2/h3,9-11,15H,1,4-8,13H2,2H3. The Labute approximate surface area is 97.5 Å². The van der Waals surface area contributed by atoms with Crippen LogP contribution in [-0.2, 0) is 7.05 Å². The van der Waals surface area contributed by atoms with Gasteiger partial charge in [-0.25, -0.2) is 0 Å². The lowest BCUT2D eigenvalue weighted by Gasteiger charge is -2.15. The summed E-state index contributed by atoms with van der Waals surface area (Å²) in [5.74, 6) is 5.57. The summed E-state index contributed by atoms with van der Waals surface area (Å²) in [6.45, 7) is 3.72. The first-order valence-electron chi connectivity index (χ1n) is 5.84. The van der Waals surface area contributed by atoms with E-state index in [1.54, 1.807) is 6.20 Å². The molecule has 4 heteroatoms. The zero-order valence-electron chi connectivity index (χ0n) is 10.0. The lowest BCUT2D eigenvalue weighted by atomic mass is 10.1. The molecule has 90 valence electrons. The third-order valence-electron chi connectivity index (χ3n) is 2.82. The minimum atomic E-state index is 0.205. The summed E-state index contributed by atoms with van der Waals surface area (Å²) in [4.78, 5) is 0. The van der Waals surface area contributed by atoms with Crippen LogP contribution in [-0.4, -0.2) is 9.78 Å². The van der Waals surface area contributed by atoms with Gasteiger partial charge in [0.1, 0.15) is 0 Å². The zero-order chi connectivity index (χ0) is 11.8. The van der Waals surface area contributed by atoms with Gasteiger partial charge in [-0.05, 0) is 25.3 Å². The minimum absolute atomic E-state index is 0.205. The van der Waals surface area contributed by atoms with Crippen molar-refractivity contribution >= 4 is 0 Å². The lowest BCUT2D eigenvalue weighted by Crippen LogP contribution is -2.29. The van der Waals surface area contributed by atoms with Crippen molar-refractivity contribution in [1.82, 2.24) is 15.2 Å². The molecule has 0 amide bonds. The molecule has 1 unspecified atom stereocenters. The number of aromatic nitrogens is 2. The van der Waals surface area contributed by atoms with E-state index in [4.69, 9.17) is 5.84 Å². The van der Waals surface area contributed by atoms with Crippen LogP contribution < -0.4 is 11.3 Å². The predicted molar refractivity (Wildman–Crippen MR) is 66.6 cm³/mol. The van der Waals surface area contributed by atoms with E-state index in [1.807, 2.05) is 23.9 Å². The Morgan fingerprint density at radius 3 is 2.94 bits per heavy atom. The number of unbranched alkanes of at least 4 members (excludes halogenated alkanes) is 3. The van der Waals surface area contributed by atoms with E-state index < -0.39 is 0 Å². The van der Waals surface area contributed by atoms with E-state index in [1.165, 1.54) is 19.3 Å². The lowest BCUT2D eigenvalue weighted by molar-refractivity contribution is 0.456. The summed E-state index contributed by atoms with van der Waals surface area (Å²) in [5, 5.41) is 4.15. The first-order valence-corrected chi connectivity index (χ1v) is 5.84. The fourth-order valence-electron chi connectivity index (χ4n) is 1.86. The van der Waals surface area contributed by atoms with E-state index in [9.17, 15) is 0 Å². The monoisotopic (exact) mass is 222 g/mol. The average molecular weight is 222 g/mol. The fourth-order valence-corrected chi connectivity index (χ4v) is 1.86. The van der Waals surface area contributed by atoms with Crippen LogP contribution >= 0.6 is 0 Å². The molecular formula is C12H22N4. The molecule has 0 aliphatic carbocycles. The number of nitrogens with two attached hydrogens (primary N) is 1. The summed E-state index contributed by atoms with van der Waals surface area (Å²) in [5.41, 5.74) is 4.00. The van der Waals surface area contributed by atoms with Crippen LogP contribution in [0.1, 0.15) is 43.8 Å². The summed E-state index contributed by atoms with van der Waals surface area (Å²) in [6.07, 6.45) is 9.54. The van der Waals surface area contributed by atoms with E-state index in [2.05, 4.69) is 17.1 Å². The summed E-state index contributed by atoms with van der Waals surface area (Å²) < 4.78 is 1.87.